The van der Waals surface area contributed by atoms with Crippen LogP contribution in [0.1, 0.15) is 38.3 Å². The van der Waals surface area contributed by atoms with E-state index in [2.05, 4.69) is 20.8 Å². The van der Waals surface area contributed by atoms with E-state index in [9.17, 15) is 4.79 Å². The Labute approximate surface area is 137 Å². The monoisotopic (exact) mass is 316 g/mol. The summed E-state index contributed by atoms with van der Waals surface area (Å²) >= 11 is 5.85. The van der Waals surface area contributed by atoms with Gasteiger partial charge in [-0.2, -0.15) is 0 Å². The van der Waals surface area contributed by atoms with Crippen molar-refractivity contribution in [2.45, 2.75) is 39.0 Å². The molecule has 0 saturated heterocycles. The van der Waals surface area contributed by atoms with Crippen LogP contribution in [-0.4, -0.2) is 5.97 Å². The molecule has 0 aliphatic heterocycles. The van der Waals surface area contributed by atoms with E-state index in [-0.39, 0.29) is 11.4 Å². The van der Waals surface area contributed by atoms with Crippen molar-refractivity contribution < 1.29 is 9.53 Å². The average Bonchev–Trinajstić information content (AvgIpc) is 2.46. The molecule has 2 rings (SSSR count). The topological polar surface area (TPSA) is 26.3 Å². The van der Waals surface area contributed by atoms with Crippen LogP contribution < -0.4 is 4.74 Å². The molecule has 0 amide bonds. The first-order valence-electron chi connectivity index (χ1n) is 7.41. The second-order valence-electron chi connectivity index (χ2n) is 6.35. The van der Waals surface area contributed by atoms with Gasteiger partial charge in [0.1, 0.15) is 5.75 Å². The van der Waals surface area contributed by atoms with Gasteiger partial charge in [0, 0.05) is 17.0 Å². The maximum absolute atomic E-state index is 12.1. The van der Waals surface area contributed by atoms with Gasteiger partial charge in [0.15, 0.2) is 0 Å². The summed E-state index contributed by atoms with van der Waals surface area (Å²) < 4.78 is 5.55. The van der Waals surface area contributed by atoms with Gasteiger partial charge in [-0.25, -0.2) is 0 Å². The number of hydrogen-bond donors (Lipinski definition) is 0. The van der Waals surface area contributed by atoms with E-state index in [4.69, 9.17) is 16.3 Å². The van der Waals surface area contributed by atoms with Crippen molar-refractivity contribution in [1.29, 1.82) is 0 Å². The van der Waals surface area contributed by atoms with Crippen molar-refractivity contribution >= 4 is 17.6 Å². The molecule has 0 radical (unpaired) electrons. The van der Waals surface area contributed by atoms with Crippen LogP contribution in [0.2, 0.25) is 5.02 Å². The highest BCUT2D eigenvalue weighted by atomic mass is 35.5. The van der Waals surface area contributed by atoms with Crippen LogP contribution in [0.5, 0.6) is 5.75 Å². The SMILES string of the molecule is CC(C)(C)c1ccccc1OC(=O)CCc1ccc(Cl)cc1. The van der Waals surface area contributed by atoms with Crippen molar-refractivity contribution in [2.24, 2.45) is 0 Å². The lowest BCUT2D eigenvalue weighted by Crippen LogP contribution is -2.16. The molecule has 0 aliphatic rings. The standard InChI is InChI=1S/C19H21ClO2/c1-19(2,3)16-6-4-5-7-17(16)22-18(21)13-10-14-8-11-15(20)12-9-14/h4-9,11-12H,10,13H2,1-3H3. The Morgan fingerprint density at radius 3 is 2.32 bits per heavy atom. The van der Waals surface area contributed by atoms with Crippen LogP contribution >= 0.6 is 11.6 Å². The molecule has 2 aromatic carbocycles. The minimum absolute atomic E-state index is 0.0624. The Bertz CT molecular complexity index is 639. The number of hydrogen-bond acceptors (Lipinski definition) is 2. The Kier molecular flexibility index (Phi) is 5.25. The van der Waals surface area contributed by atoms with E-state index in [1.54, 1.807) is 0 Å². The Hall–Kier alpha value is -1.80. The summed E-state index contributed by atoms with van der Waals surface area (Å²) in [5.74, 6) is 0.433. The molecule has 0 bridgehead atoms. The van der Waals surface area contributed by atoms with Crippen LogP contribution in [0, 0.1) is 0 Å². The van der Waals surface area contributed by atoms with Gasteiger partial charge in [0.2, 0.25) is 0 Å². The molecular formula is C19H21ClO2. The molecule has 0 heterocycles. The molecule has 0 aliphatic carbocycles. The summed E-state index contributed by atoms with van der Waals surface area (Å²) in [6, 6.07) is 15.2. The number of benzene rings is 2. The summed E-state index contributed by atoms with van der Waals surface area (Å²) in [4.78, 5) is 12.1. The van der Waals surface area contributed by atoms with E-state index < -0.39 is 0 Å². The lowest BCUT2D eigenvalue weighted by molar-refractivity contribution is -0.134. The first-order chi connectivity index (χ1) is 10.4. The van der Waals surface area contributed by atoms with Crippen molar-refractivity contribution in [3.05, 3.63) is 64.7 Å². The number of ether oxygens (including phenoxy) is 1. The fourth-order valence-electron chi connectivity index (χ4n) is 2.25. The van der Waals surface area contributed by atoms with Gasteiger partial charge in [-0.3, -0.25) is 4.79 Å². The van der Waals surface area contributed by atoms with Gasteiger partial charge in [-0.15, -0.1) is 0 Å². The predicted molar refractivity (Wildman–Crippen MR) is 90.6 cm³/mol. The normalized spacial score (nSPS) is 11.3. The maximum atomic E-state index is 12.1. The molecular weight excluding hydrogens is 296 g/mol. The van der Waals surface area contributed by atoms with Gasteiger partial charge >= 0.3 is 5.97 Å². The van der Waals surface area contributed by atoms with E-state index in [1.165, 1.54) is 0 Å². The summed E-state index contributed by atoms with van der Waals surface area (Å²) in [5, 5.41) is 0.699. The lowest BCUT2D eigenvalue weighted by Gasteiger charge is -2.22. The second kappa shape index (κ2) is 6.97. The smallest absolute Gasteiger partial charge is 0.311 e. The van der Waals surface area contributed by atoms with Gasteiger partial charge in [0.05, 0.1) is 0 Å². The molecule has 3 heteroatoms. The minimum atomic E-state index is -0.216. The Morgan fingerprint density at radius 1 is 1.05 bits per heavy atom. The number of carbonyl (C=O) groups is 1. The van der Waals surface area contributed by atoms with Crippen molar-refractivity contribution in [3.8, 4) is 5.75 Å². The zero-order valence-corrected chi connectivity index (χ0v) is 14.0. The van der Waals surface area contributed by atoms with Gasteiger partial charge in [0.25, 0.3) is 0 Å². The number of rotatable bonds is 4. The number of carbonyl (C=O) groups excluding carboxylic acids is 1. The lowest BCUT2D eigenvalue weighted by atomic mass is 9.86. The molecule has 0 atom stereocenters. The molecule has 0 aromatic heterocycles. The second-order valence-corrected chi connectivity index (χ2v) is 6.78. The number of esters is 1. The number of para-hydroxylation sites is 1. The average molecular weight is 317 g/mol. The zero-order chi connectivity index (χ0) is 16.2. The minimum Gasteiger partial charge on any atom is -0.426 e. The first kappa shape index (κ1) is 16.6. The molecule has 0 unspecified atom stereocenters. The largest absolute Gasteiger partial charge is 0.426 e. The highest BCUT2D eigenvalue weighted by Gasteiger charge is 2.19. The first-order valence-corrected chi connectivity index (χ1v) is 7.79. The molecule has 22 heavy (non-hydrogen) atoms. The zero-order valence-electron chi connectivity index (χ0n) is 13.2. The van der Waals surface area contributed by atoms with E-state index in [0.717, 1.165) is 11.1 Å². The van der Waals surface area contributed by atoms with Crippen LogP contribution in [0.25, 0.3) is 0 Å². The van der Waals surface area contributed by atoms with Crippen molar-refractivity contribution in [2.75, 3.05) is 0 Å². The predicted octanol–water partition coefficient (Wildman–Crippen LogP) is 5.18. The Morgan fingerprint density at radius 2 is 1.68 bits per heavy atom. The third-order valence-corrected chi connectivity index (χ3v) is 3.70. The van der Waals surface area contributed by atoms with Crippen molar-refractivity contribution in [3.63, 3.8) is 0 Å². The molecule has 0 fully saturated rings. The Balaban J connectivity index is 1.99. The van der Waals surface area contributed by atoms with Crippen LogP contribution in [0.4, 0.5) is 0 Å². The van der Waals surface area contributed by atoms with E-state index in [1.807, 2.05) is 48.5 Å². The van der Waals surface area contributed by atoms with Crippen molar-refractivity contribution in [1.82, 2.24) is 0 Å². The molecule has 116 valence electrons. The number of halogens is 1. The van der Waals surface area contributed by atoms with Crippen LogP contribution in [0.3, 0.4) is 0 Å². The van der Waals surface area contributed by atoms with E-state index >= 15 is 0 Å². The molecule has 0 N–H and O–H groups in total. The molecule has 0 saturated carbocycles. The van der Waals surface area contributed by atoms with Crippen LogP contribution in [-0.2, 0) is 16.6 Å². The highest BCUT2D eigenvalue weighted by molar-refractivity contribution is 6.30. The fraction of sp³-hybridized carbons (Fsp3) is 0.316. The van der Waals surface area contributed by atoms with Gasteiger partial charge < -0.3 is 4.74 Å². The summed E-state index contributed by atoms with van der Waals surface area (Å²) in [6.07, 6.45) is 0.994. The molecule has 2 nitrogen and oxygen atoms in total. The summed E-state index contributed by atoms with van der Waals surface area (Å²) in [6.45, 7) is 6.31. The van der Waals surface area contributed by atoms with Gasteiger partial charge in [-0.05, 0) is 35.6 Å². The third-order valence-electron chi connectivity index (χ3n) is 3.45. The molecule has 0 spiro atoms. The number of aryl methyl sites for hydroxylation is 1. The maximum Gasteiger partial charge on any atom is 0.311 e. The quantitative estimate of drug-likeness (QED) is 0.574. The summed E-state index contributed by atoms with van der Waals surface area (Å²) in [7, 11) is 0. The van der Waals surface area contributed by atoms with E-state index in [0.29, 0.717) is 23.6 Å². The highest BCUT2D eigenvalue weighted by Crippen LogP contribution is 2.31. The van der Waals surface area contributed by atoms with Gasteiger partial charge in [-0.1, -0.05) is 62.7 Å². The third kappa shape index (κ3) is 4.60. The fourth-order valence-corrected chi connectivity index (χ4v) is 2.37. The van der Waals surface area contributed by atoms with Crippen LogP contribution in [0.15, 0.2) is 48.5 Å². The molecule has 2 aromatic rings. The summed E-state index contributed by atoms with van der Waals surface area (Å²) in [5.41, 5.74) is 2.05.